The molecule has 0 saturated heterocycles. The molecule has 0 aliphatic carbocycles. The van der Waals surface area contributed by atoms with Crippen LogP contribution in [0.2, 0.25) is 0 Å². The summed E-state index contributed by atoms with van der Waals surface area (Å²) in [6.07, 6.45) is 2.31. The average Bonchev–Trinajstić information content (AvgIpc) is 2.83. The molecule has 0 saturated carbocycles. The maximum absolute atomic E-state index is 13.6. The zero-order valence-corrected chi connectivity index (χ0v) is 10.7. The smallest absolute Gasteiger partial charge is 0.272 e. The number of anilines is 1. The lowest BCUT2D eigenvalue weighted by Crippen LogP contribution is -2.12. The number of rotatable bonds is 5. The van der Waals surface area contributed by atoms with Crippen molar-refractivity contribution in [3.63, 3.8) is 0 Å². The molecule has 20 heavy (non-hydrogen) atoms. The summed E-state index contributed by atoms with van der Waals surface area (Å²) in [5, 5.41) is 27.0. The van der Waals surface area contributed by atoms with Crippen molar-refractivity contribution in [3.8, 4) is 0 Å². The van der Waals surface area contributed by atoms with E-state index in [1.807, 2.05) is 0 Å². The summed E-state index contributed by atoms with van der Waals surface area (Å²) in [4.78, 5) is 9.82. The second-order valence-electron chi connectivity index (χ2n) is 4.27. The summed E-state index contributed by atoms with van der Waals surface area (Å²) in [5.74, 6) is -0.738. The topological polar surface area (TPSA) is 93.2 Å². The van der Waals surface area contributed by atoms with Crippen LogP contribution < -0.4 is 5.32 Å². The monoisotopic (exact) mass is 280 g/mol. The summed E-state index contributed by atoms with van der Waals surface area (Å²) < 4.78 is 15.1. The highest BCUT2D eigenvalue weighted by Crippen LogP contribution is 2.21. The van der Waals surface area contributed by atoms with Gasteiger partial charge in [0.2, 0.25) is 0 Å². The van der Waals surface area contributed by atoms with Gasteiger partial charge in [-0.2, -0.15) is 5.10 Å². The zero-order valence-electron chi connectivity index (χ0n) is 10.7. The number of benzene rings is 1. The molecule has 0 radical (unpaired) electrons. The van der Waals surface area contributed by atoms with E-state index in [1.54, 1.807) is 17.9 Å². The van der Waals surface area contributed by atoms with E-state index in [4.69, 9.17) is 0 Å². The third-order valence-corrected chi connectivity index (χ3v) is 2.76. The van der Waals surface area contributed by atoms with Crippen LogP contribution in [0, 0.1) is 15.9 Å². The van der Waals surface area contributed by atoms with Crippen LogP contribution in [0.5, 0.6) is 0 Å². The number of nitro groups is 1. The second kappa shape index (κ2) is 5.66. The van der Waals surface area contributed by atoms with E-state index >= 15 is 0 Å². The Kier molecular flexibility index (Phi) is 3.94. The molecule has 1 heterocycles. The Morgan fingerprint density at radius 1 is 1.60 bits per heavy atom. The number of aliphatic hydroxyl groups excluding tert-OH is 1. The van der Waals surface area contributed by atoms with Crippen molar-refractivity contribution in [1.82, 2.24) is 9.78 Å². The quantitative estimate of drug-likeness (QED) is 0.641. The fraction of sp³-hybridized carbons (Fsp3) is 0.250. The standard InChI is InChI=1S/C12H13FN4O3/c1-16-7-8(5-15-16)12(18)6-14-11-3-2-9(17(19)20)4-10(11)13/h2-5,7,12,14,18H,6H2,1H3. The van der Waals surface area contributed by atoms with Gasteiger partial charge in [-0.15, -0.1) is 0 Å². The number of nitrogens with zero attached hydrogens (tertiary/aromatic N) is 3. The predicted molar refractivity (Wildman–Crippen MR) is 69.7 cm³/mol. The van der Waals surface area contributed by atoms with Crippen molar-refractivity contribution >= 4 is 11.4 Å². The Morgan fingerprint density at radius 2 is 2.35 bits per heavy atom. The number of hydrogen-bond acceptors (Lipinski definition) is 5. The predicted octanol–water partition coefficient (Wildman–Crippen LogP) is 1.61. The number of non-ortho nitro benzene ring substituents is 1. The van der Waals surface area contributed by atoms with E-state index in [1.165, 1.54) is 18.3 Å². The fourth-order valence-electron chi connectivity index (χ4n) is 1.70. The van der Waals surface area contributed by atoms with Gasteiger partial charge in [-0.05, 0) is 6.07 Å². The first-order chi connectivity index (χ1) is 9.47. The van der Waals surface area contributed by atoms with Crippen LogP contribution in [-0.2, 0) is 7.05 Å². The minimum Gasteiger partial charge on any atom is -0.386 e. The van der Waals surface area contributed by atoms with Gasteiger partial charge in [0.1, 0.15) is 0 Å². The van der Waals surface area contributed by atoms with E-state index in [0.29, 0.717) is 5.56 Å². The zero-order chi connectivity index (χ0) is 14.7. The summed E-state index contributed by atoms with van der Waals surface area (Å²) in [6, 6.07) is 3.30. The number of nitrogens with one attached hydrogen (secondary N) is 1. The van der Waals surface area contributed by atoms with Crippen LogP contribution in [0.4, 0.5) is 15.8 Å². The molecule has 2 aromatic rings. The molecule has 0 aliphatic rings. The first-order valence-electron chi connectivity index (χ1n) is 5.82. The van der Waals surface area contributed by atoms with E-state index in [9.17, 15) is 19.6 Å². The van der Waals surface area contributed by atoms with Gasteiger partial charge in [0.15, 0.2) is 5.82 Å². The fourth-order valence-corrected chi connectivity index (χ4v) is 1.70. The van der Waals surface area contributed by atoms with Gasteiger partial charge in [0.25, 0.3) is 5.69 Å². The molecule has 0 aliphatic heterocycles. The van der Waals surface area contributed by atoms with Gasteiger partial charge in [-0.1, -0.05) is 0 Å². The first-order valence-corrected chi connectivity index (χ1v) is 5.82. The van der Waals surface area contributed by atoms with E-state index < -0.39 is 16.8 Å². The number of aryl methyl sites for hydroxylation is 1. The highest BCUT2D eigenvalue weighted by Gasteiger charge is 2.13. The van der Waals surface area contributed by atoms with Crippen LogP contribution in [0.25, 0.3) is 0 Å². The average molecular weight is 280 g/mol. The van der Waals surface area contributed by atoms with Gasteiger partial charge >= 0.3 is 0 Å². The van der Waals surface area contributed by atoms with Gasteiger partial charge in [0.05, 0.1) is 29.0 Å². The maximum atomic E-state index is 13.6. The Morgan fingerprint density at radius 3 is 2.90 bits per heavy atom. The van der Waals surface area contributed by atoms with Gasteiger partial charge in [-0.3, -0.25) is 14.8 Å². The molecule has 0 bridgehead atoms. The number of hydrogen-bond donors (Lipinski definition) is 2. The Hall–Kier alpha value is -2.48. The van der Waals surface area contributed by atoms with Crippen molar-refractivity contribution < 1.29 is 14.4 Å². The first kappa shape index (κ1) is 13.9. The molecule has 106 valence electrons. The maximum Gasteiger partial charge on any atom is 0.272 e. The van der Waals surface area contributed by atoms with Crippen molar-refractivity contribution in [3.05, 3.63) is 52.1 Å². The molecule has 1 aromatic heterocycles. The van der Waals surface area contributed by atoms with Crippen LogP contribution in [0.3, 0.4) is 0 Å². The van der Waals surface area contributed by atoms with Crippen molar-refractivity contribution in [2.45, 2.75) is 6.10 Å². The van der Waals surface area contributed by atoms with Crippen LogP contribution >= 0.6 is 0 Å². The number of nitro benzene ring substituents is 1. The normalized spacial score (nSPS) is 12.2. The minimum atomic E-state index is -0.849. The Balaban J connectivity index is 2.02. The molecule has 2 rings (SSSR count). The molecular weight excluding hydrogens is 267 g/mol. The summed E-state index contributed by atoms with van der Waals surface area (Å²) in [6.45, 7) is 0.0699. The Bertz CT molecular complexity index is 629. The highest BCUT2D eigenvalue weighted by atomic mass is 19.1. The van der Waals surface area contributed by atoms with Crippen LogP contribution in [0.1, 0.15) is 11.7 Å². The molecule has 0 spiro atoms. The minimum absolute atomic E-state index is 0.0699. The second-order valence-corrected chi connectivity index (χ2v) is 4.27. The lowest BCUT2D eigenvalue weighted by molar-refractivity contribution is -0.385. The van der Waals surface area contributed by atoms with Crippen molar-refractivity contribution in [2.24, 2.45) is 7.05 Å². The number of aromatic nitrogens is 2. The van der Waals surface area contributed by atoms with E-state index in [0.717, 1.165) is 6.07 Å². The van der Waals surface area contributed by atoms with Crippen LogP contribution in [-0.4, -0.2) is 26.4 Å². The molecule has 1 unspecified atom stereocenters. The molecule has 0 amide bonds. The molecule has 1 atom stereocenters. The molecule has 8 heteroatoms. The Labute approximate surface area is 113 Å². The summed E-state index contributed by atoms with van der Waals surface area (Å²) >= 11 is 0. The lowest BCUT2D eigenvalue weighted by Gasteiger charge is -2.11. The van der Waals surface area contributed by atoms with Crippen molar-refractivity contribution in [1.29, 1.82) is 0 Å². The third kappa shape index (κ3) is 3.09. The summed E-state index contributed by atoms with van der Waals surface area (Å²) in [5.41, 5.74) is 0.377. The summed E-state index contributed by atoms with van der Waals surface area (Å²) in [7, 11) is 1.72. The number of halogens is 1. The van der Waals surface area contributed by atoms with E-state index in [2.05, 4.69) is 10.4 Å². The van der Waals surface area contributed by atoms with Gasteiger partial charge < -0.3 is 10.4 Å². The molecule has 1 aromatic carbocycles. The van der Waals surface area contributed by atoms with Gasteiger partial charge in [0, 0.05) is 31.4 Å². The lowest BCUT2D eigenvalue weighted by atomic mass is 10.2. The largest absolute Gasteiger partial charge is 0.386 e. The van der Waals surface area contributed by atoms with Gasteiger partial charge in [-0.25, -0.2) is 4.39 Å². The highest BCUT2D eigenvalue weighted by molar-refractivity contribution is 5.50. The molecule has 7 nitrogen and oxygen atoms in total. The molecule has 0 fully saturated rings. The molecule has 2 N–H and O–H groups in total. The SMILES string of the molecule is Cn1cc(C(O)CNc2ccc([N+](=O)[O-])cc2F)cn1. The van der Waals surface area contributed by atoms with Crippen molar-refractivity contribution in [2.75, 3.05) is 11.9 Å². The third-order valence-electron chi connectivity index (χ3n) is 2.76. The van der Waals surface area contributed by atoms with Crippen LogP contribution in [0.15, 0.2) is 30.6 Å². The molecular formula is C12H13FN4O3. The van der Waals surface area contributed by atoms with E-state index in [-0.39, 0.29) is 17.9 Å². The number of aliphatic hydroxyl groups is 1.